The largest absolute Gasteiger partial charge is 0.399 e. The van der Waals surface area contributed by atoms with Gasteiger partial charge in [-0.2, -0.15) is 0 Å². The average Bonchev–Trinajstić information content (AvgIpc) is 3.18. The van der Waals surface area contributed by atoms with E-state index >= 15 is 0 Å². The minimum atomic E-state index is -0.691. The van der Waals surface area contributed by atoms with Crippen LogP contribution >= 0.6 is 11.3 Å². The topological polar surface area (TPSA) is 90.1 Å². The smallest absolute Gasteiger partial charge is 0.236 e. The zero-order chi connectivity index (χ0) is 16.4. The Morgan fingerprint density at radius 1 is 1.35 bits per heavy atom. The average molecular weight is 332 g/mol. The predicted octanol–water partition coefficient (Wildman–Crippen LogP) is 2.89. The highest BCUT2D eigenvalue weighted by molar-refractivity contribution is 7.15. The lowest BCUT2D eigenvalue weighted by Gasteiger charge is -2.23. The molecule has 2 heterocycles. The molecule has 0 bridgehead atoms. The SMILES string of the molecule is CC(C)(C(=O)Nc1nnc(C2CCCO2)s1)c1ccc(N)cc1. The van der Waals surface area contributed by atoms with Gasteiger partial charge < -0.3 is 10.5 Å². The van der Waals surface area contributed by atoms with Gasteiger partial charge in [0.1, 0.15) is 11.1 Å². The van der Waals surface area contributed by atoms with Crippen LogP contribution in [0.5, 0.6) is 0 Å². The Morgan fingerprint density at radius 2 is 2.09 bits per heavy atom. The number of benzene rings is 1. The Kier molecular flexibility index (Phi) is 4.32. The lowest BCUT2D eigenvalue weighted by atomic mass is 9.83. The molecule has 3 rings (SSSR count). The van der Waals surface area contributed by atoms with E-state index in [1.165, 1.54) is 11.3 Å². The fraction of sp³-hybridized carbons (Fsp3) is 0.438. The van der Waals surface area contributed by atoms with Gasteiger partial charge in [0.05, 0.1) is 5.41 Å². The van der Waals surface area contributed by atoms with Crippen molar-refractivity contribution >= 4 is 28.1 Å². The van der Waals surface area contributed by atoms with Gasteiger partial charge in [0.25, 0.3) is 0 Å². The standard InChI is InChI=1S/C16H20N4O2S/c1-16(2,10-5-7-11(17)8-6-10)14(21)18-15-20-19-13(23-15)12-4-3-9-22-12/h5-8,12H,3-4,9,17H2,1-2H3,(H,18,20,21). The van der Waals surface area contributed by atoms with Crippen molar-refractivity contribution in [3.63, 3.8) is 0 Å². The van der Waals surface area contributed by atoms with E-state index in [2.05, 4.69) is 15.5 Å². The molecule has 0 radical (unpaired) electrons. The Bertz CT molecular complexity index is 690. The van der Waals surface area contributed by atoms with Gasteiger partial charge in [0, 0.05) is 12.3 Å². The quantitative estimate of drug-likeness (QED) is 0.840. The number of nitrogens with two attached hydrogens (primary N) is 1. The summed E-state index contributed by atoms with van der Waals surface area (Å²) in [5, 5.41) is 12.4. The number of nitrogens with one attached hydrogen (secondary N) is 1. The maximum Gasteiger partial charge on any atom is 0.236 e. The fourth-order valence-electron chi connectivity index (χ4n) is 2.47. The van der Waals surface area contributed by atoms with E-state index in [4.69, 9.17) is 10.5 Å². The van der Waals surface area contributed by atoms with E-state index in [0.717, 1.165) is 30.0 Å². The summed E-state index contributed by atoms with van der Waals surface area (Å²) in [5.74, 6) is -0.127. The molecule has 1 amide bonds. The van der Waals surface area contributed by atoms with Gasteiger partial charge in [-0.15, -0.1) is 10.2 Å². The lowest BCUT2D eigenvalue weighted by Crippen LogP contribution is -2.34. The minimum absolute atomic E-state index is 0.0169. The van der Waals surface area contributed by atoms with Crippen molar-refractivity contribution in [2.75, 3.05) is 17.7 Å². The highest BCUT2D eigenvalue weighted by atomic mass is 32.1. The van der Waals surface area contributed by atoms with Crippen LogP contribution in [0.25, 0.3) is 0 Å². The number of carbonyl (C=O) groups is 1. The Labute approximate surface area is 139 Å². The molecule has 6 nitrogen and oxygen atoms in total. The number of hydrogen-bond acceptors (Lipinski definition) is 6. The van der Waals surface area contributed by atoms with Crippen LogP contribution in [-0.4, -0.2) is 22.7 Å². The summed E-state index contributed by atoms with van der Waals surface area (Å²) in [6.45, 7) is 4.50. The van der Waals surface area contributed by atoms with Gasteiger partial charge in [0.15, 0.2) is 0 Å². The zero-order valence-corrected chi connectivity index (χ0v) is 14.0. The van der Waals surface area contributed by atoms with Gasteiger partial charge >= 0.3 is 0 Å². The van der Waals surface area contributed by atoms with E-state index in [-0.39, 0.29) is 12.0 Å². The van der Waals surface area contributed by atoms with Gasteiger partial charge in [-0.05, 0) is 44.4 Å². The van der Waals surface area contributed by atoms with Crippen molar-refractivity contribution in [1.29, 1.82) is 0 Å². The second-order valence-corrected chi connectivity index (χ2v) is 7.16. The second kappa shape index (κ2) is 6.25. The fourth-order valence-corrected chi connectivity index (χ4v) is 3.29. The first-order valence-corrected chi connectivity index (χ1v) is 8.41. The molecule has 2 aromatic rings. The van der Waals surface area contributed by atoms with Crippen molar-refractivity contribution in [3.8, 4) is 0 Å². The monoisotopic (exact) mass is 332 g/mol. The number of nitrogen functional groups attached to an aromatic ring is 1. The molecular weight excluding hydrogens is 312 g/mol. The summed E-state index contributed by atoms with van der Waals surface area (Å²) in [6, 6.07) is 7.33. The second-order valence-electron chi connectivity index (χ2n) is 6.15. The number of anilines is 2. The number of aromatic nitrogens is 2. The molecule has 1 saturated heterocycles. The molecule has 1 aliphatic rings. The third-order valence-corrected chi connectivity index (χ3v) is 5.00. The normalized spacial score (nSPS) is 18.1. The number of rotatable bonds is 4. The van der Waals surface area contributed by atoms with Crippen molar-refractivity contribution in [2.45, 2.75) is 38.2 Å². The molecule has 122 valence electrons. The zero-order valence-electron chi connectivity index (χ0n) is 13.2. The van der Waals surface area contributed by atoms with E-state index in [1.807, 2.05) is 26.0 Å². The molecule has 1 unspecified atom stereocenters. The molecular formula is C16H20N4O2S. The van der Waals surface area contributed by atoms with Crippen molar-refractivity contribution in [1.82, 2.24) is 10.2 Å². The first-order chi connectivity index (χ1) is 11.0. The van der Waals surface area contributed by atoms with Crippen LogP contribution in [0, 0.1) is 0 Å². The number of amides is 1. The van der Waals surface area contributed by atoms with E-state index in [0.29, 0.717) is 10.8 Å². The molecule has 1 aliphatic heterocycles. The summed E-state index contributed by atoms with van der Waals surface area (Å²) in [7, 11) is 0. The van der Waals surface area contributed by atoms with Crippen molar-refractivity contribution in [2.24, 2.45) is 0 Å². The van der Waals surface area contributed by atoms with Gasteiger partial charge in [0.2, 0.25) is 11.0 Å². The first kappa shape index (κ1) is 15.9. The highest BCUT2D eigenvalue weighted by Crippen LogP contribution is 2.33. The van der Waals surface area contributed by atoms with Gasteiger partial charge in [-0.25, -0.2) is 0 Å². The highest BCUT2D eigenvalue weighted by Gasteiger charge is 2.31. The molecule has 7 heteroatoms. The van der Waals surface area contributed by atoms with E-state index in [1.54, 1.807) is 12.1 Å². The van der Waals surface area contributed by atoms with Crippen LogP contribution in [0.1, 0.15) is 43.4 Å². The Morgan fingerprint density at radius 3 is 2.74 bits per heavy atom. The van der Waals surface area contributed by atoms with Gasteiger partial charge in [-0.1, -0.05) is 23.5 Å². The maximum absolute atomic E-state index is 12.6. The van der Waals surface area contributed by atoms with Crippen LogP contribution < -0.4 is 11.1 Å². The Hall–Kier alpha value is -1.99. The number of hydrogen-bond donors (Lipinski definition) is 2. The van der Waals surface area contributed by atoms with Gasteiger partial charge in [-0.3, -0.25) is 10.1 Å². The van der Waals surface area contributed by atoms with E-state index in [9.17, 15) is 4.79 Å². The molecule has 1 fully saturated rings. The summed E-state index contributed by atoms with van der Waals surface area (Å²) in [5.41, 5.74) is 6.58. The molecule has 0 aliphatic carbocycles. The molecule has 0 saturated carbocycles. The van der Waals surface area contributed by atoms with Crippen LogP contribution in [0.15, 0.2) is 24.3 Å². The predicted molar refractivity (Wildman–Crippen MR) is 90.3 cm³/mol. The third-order valence-electron chi connectivity index (χ3n) is 4.07. The minimum Gasteiger partial charge on any atom is -0.399 e. The van der Waals surface area contributed by atoms with Crippen LogP contribution in [0.3, 0.4) is 0 Å². The molecule has 1 aromatic carbocycles. The number of ether oxygens (including phenoxy) is 1. The molecule has 23 heavy (non-hydrogen) atoms. The lowest BCUT2D eigenvalue weighted by molar-refractivity contribution is -0.120. The number of carbonyl (C=O) groups excluding carboxylic acids is 1. The summed E-state index contributed by atoms with van der Waals surface area (Å²) < 4.78 is 5.59. The van der Waals surface area contributed by atoms with E-state index < -0.39 is 5.41 Å². The summed E-state index contributed by atoms with van der Waals surface area (Å²) in [6.07, 6.45) is 2.01. The van der Waals surface area contributed by atoms with Crippen molar-refractivity contribution < 1.29 is 9.53 Å². The Balaban J connectivity index is 1.71. The molecule has 1 atom stereocenters. The number of nitrogens with zero attached hydrogens (tertiary/aromatic N) is 2. The maximum atomic E-state index is 12.6. The van der Waals surface area contributed by atoms with Crippen LogP contribution in [-0.2, 0) is 14.9 Å². The summed E-state index contributed by atoms with van der Waals surface area (Å²) >= 11 is 1.37. The van der Waals surface area contributed by atoms with Crippen LogP contribution in [0.2, 0.25) is 0 Å². The van der Waals surface area contributed by atoms with Crippen molar-refractivity contribution in [3.05, 3.63) is 34.8 Å². The molecule has 0 spiro atoms. The molecule has 1 aromatic heterocycles. The third kappa shape index (κ3) is 3.35. The first-order valence-electron chi connectivity index (χ1n) is 7.59. The van der Waals surface area contributed by atoms with Crippen LogP contribution in [0.4, 0.5) is 10.8 Å². The molecule has 3 N–H and O–H groups in total. The summed E-state index contributed by atoms with van der Waals surface area (Å²) in [4.78, 5) is 12.6.